The van der Waals surface area contributed by atoms with Gasteiger partial charge in [0, 0.05) is 31.9 Å². The molecule has 2 rings (SSSR count). The molecule has 0 saturated carbocycles. The Morgan fingerprint density at radius 3 is 2.33 bits per heavy atom. The van der Waals surface area contributed by atoms with Crippen LogP contribution in [0.2, 0.25) is 0 Å². The fourth-order valence-electron chi connectivity index (χ4n) is 2.16. The summed E-state index contributed by atoms with van der Waals surface area (Å²) in [6.07, 6.45) is 0.807. The second-order valence-corrected chi connectivity index (χ2v) is 4.80. The predicted molar refractivity (Wildman–Crippen MR) is 73.7 cm³/mol. The molecule has 1 aliphatic heterocycles. The van der Waals surface area contributed by atoms with Gasteiger partial charge in [-0.15, -0.1) is 12.4 Å². The van der Waals surface area contributed by atoms with Crippen molar-refractivity contribution < 1.29 is 22.7 Å². The van der Waals surface area contributed by atoms with Crippen LogP contribution in [0, 0.1) is 22.9 Å². The lowest BCUT2D eigenvalue weighted by molar-refractivity contribution is -0.130. The fourth-order valence-corrected chi connectivity index (χ4v) is 2.16. The summed E-state index contributed by atoms with van der Waals surface area (Å²) in [6.45, 7) is 0.837. The molecular weight excluding hydrogens is 309 g/mol. The molecule has 0 radical (unpaired) electrons. The summed E-state index contributed by atoms with van der Waals surface area (Å²) in [5.74, 6) is -4.07. The number of carbonyl (C=O) groups excluding carboxylic acids is 1. The smallest absolute Gasteiger partial charge is 0.232 e. The minimum Gasteiger partial charge on any atom is -0.381 e. The van der Waals surface area contributed by atoms with Gasteiger partial charge < -0.3 is 15.8 Å². The molecule has 1 amide bonds. The van der Waals surface area contributed by atoms with E-state index in [0.29, 0.717) is 38.2 Å². The van der Waals surface area contributed by atoms with Crippen LogP contribution in [0.15, 0.2) is 12.1 Å². The van der Waals surface area contributed by atoms with Crippen LogP contribution in [0.5, 0.6) is 0 Å². The van der Waals surface area contributed by atoms with Crippen LogP contribution < -0.4 is 11.1 Å². The average molecular weight is 325 g/mol. The molecule has 1 saturated heterocycles. The number of nitrogens with two attached hydrogens (primary N) is 1. The van der Waals surface area contributed by atoms with E-state index in [9.17, 15) is 18.0 Å². The Morgan fingerprint density at radius 2 is 1.76 bits per heavy atom. The summed E-state index contributed by atoms with van der Waals surface area (Å²) in [4.78, 5) is 12.2. The number of anilines is 1. The Labute approximate surface area is 126 Å². The first kappa shape index (κ1) is 17.7. The zero-order valence-corrected chi connectivity index (χ0v) is 11.9. The van der Waals surface area contributed by atoms with Gasteiger partial charge in [0.25, 0.3) is 0 Å². The molecule has 0 bridgehead atoms. The van der Waals surface area contributed by atoms with Crippen LogP contribution in [0.25, 0.3) is 0 Å². The number of carbonyl (C=O) groups is 1. The highest BCUT2D eigenvalue weighted by molar-refractivity contribution is 5.95. The van der Waals surface area contributed by atoms with Crippen LogP contribution >= 0.6 is 12.4 Å². The minimum absolute atomic E-state index is 0. The fraction of sp³-hybridized carbons (Fsp3) is 0.462. The average Bonchev–Trinajstić information content (AvgIpc) is 2.45. The summed E-state index contributed by atoms with van der Waals surface area (Å²) in [5, 5.41) is 2.28. The van der Waals surface area contributed by atoms with E-state index >= 15 is 0 Å². The molecule has 0 aliphatic carbocycles. The van der Waals surface area contributed by atoms with Gasteiger partial charge in [-0.1, -0.05) is 0 Å². The number of amides is 1. The van der Waals surface area contributed by atoms with E-state index in [1.807, 2.05) is 0 Å². The largest absolute Gasteiger partial charge is 0.381 e. The highest BCUT2D eigenvalue weighted by atomic mass is 35.5. The van der Waals surface area contributed by atoms with E-state index in [0.717, 1.165) is 0 Å². The van der Waals surface area contributed by atoms with Crippen LogP contribution in [-0.2, 0) is 9.53 Å². The Bertz CT molecular complexity index is 522. The Hall–Kier alpha value is -1.31. The van der Waals surface area contributed by atoms with E-state index in [2.05, 4.69) is 5.32 Å². The third kappa shape index (κ3) is 3.66. The van der Waals surface area contributed by atoms with Gasteiger partial charge in [0.1, 0.15) is 5.82 Å². The number of benzene rings is 1. The molecule has 1 heterocycles. The van der Waals surface area contributed by atoms with Crippen LogP contribution in [0.3, 0.4) is 0 Å². The zero-order valence-electron chi connectivity index (χ0n) is 11.1. The highest BCUT2D eigenvalue weighted by Crippen LogP contribution is 2.31. The van der Waals surface area contributed by atoms with E-state index < -0.39 is 34.5 Å². The van der Waals surface area contributed by atoms with Gasteiger partial charge in [-0.25, -0.2) is 13.2 Å². The summed E-state index contributed by atoms with van der Waals surface area (Å²) in [6, 6.07) is 1.01. The summed E-state index contributed by atoms with van der Waals surface area (Å²) in [5.41, 5.74) is 4.38. The van der Waals surface area contributed by atoms with Crippen molar-refractivity contribution in [1.29, 1.82) is 0 Å². The number of rotatable bonds is 3. The first-order valence-electron chi connectivity index (χ1n) is 6.22. The van der Waals surface area contributed by atoms with Gasteiger partial charge in [0.15, 0.2) is 11.6 Å². The molecule has 1 fully saturated rings. The normalized spacial score (nSPS) is 17.0. The van der Waals surface area contributed by atoms with Crippen molar-refractivity contribution in [1.82, 2.24) is 0 Å². The molecule has 1 aromatic rings. The predicted octanol–water partition coefficient (Wildman–Crippen LogP) is 2.22. The van der Waals surface area contributed by atoms with Gasteiger partial charge in [-0.3, -0.25) is 4.79 Å². The topological polar surface area (TPSA) is 64.4 Å². The number of halogens is 4. The SMILES string of the molecule is Cl.NCC1(C(=O)Nc2cc(F)c(F)cc2F)CCOCC1. The van der Waals surface area contributed by atoms with E-state index in [-0.39, 0.29) is 19.0 Å². The molecule has 21 heavy (non-hydrogen) atoms. The van der Waals surface area contributed by atoms with Crippen molar-refractivity contribution in [2.45, 2.75) is 12.8 Å². The molecular formula is C13H16ClF3N2O2. The lowest BCUT2D eigenvalue weighted by Gasteiger charge is -2.34. The third-order valence-electron chi connectivity index (χ3n) is 3.58. The van der Waals surface area contributed by atoms with Gasteiger partial charge >= 0.3 is 0 Å². The summed E-state index contributed by atoms with van der Waals surface area (Å²) < 4.78 is 44.6. The molecule has 4 nitrogen and oxygen atoms in total. The van der Waals surface area contributed by atoms with E-state index in [1.165, 1.54) is 0 Å². The quantitative estimate of drug-likeness (QED) is 0.838. The maximum Gasteiger partial charge on any atom is 0.232 e. The number of ether oxygens (including phenoxy) is 1. The van der Waals surface area contributed by atoms with Crippen molar-refractivity contribution >= 4 is 24.0 Å². The van der Waals surface area contributed by atoms with Crippen molar-refractivity contribution in [2.75, 3.05) is 25.1 Å². The van der Waals surface area contributed by atoms with Crippen LogP contribution in [0.1, 0.15) is 12.8 Å². The van der Waals surface area contributed by atoms with E-state index in [4.69, 9.17) is 10.5 Å². The first-order chi connectivity index (χ1) is 9.48. The molecule has 1 aliphatic rings. The van der Waals surface area contributed by atoms with Crippen molar-refractivity contribution in [2.24, 2.45) is 11.1 Å². The second kappa shape index (κ2) is 7.11. The van der Waals surface area contributed by atoms with Crippen molar-refractivity contribution in [3.05, 3.63) is 29.6 Å². The van der Waals surface area contributed by atoms with Crippen LogP contribution in [-0.4, -0.2) is 25.7 Å². The maximum atomic E-state index is 13.5. The Balaban J connectivity index is 0.00000220. The Kier molecular flexibility index (Phi) is 6.00. The summed E-state index contributed by atoms with van der Waals surface area (Å²) in [7, 11) is 0. The van der Waals surface area contributed by atoms with Crippen LogP contribution in [0.4, 0.5) is 18.9 Å². The first-order valence-corrected chi connectivity index (χ1v) is 6.22. The number of hydrogen-bond donors (Lipinski definition) is 2. The summed E-state index contributed by atoms with van der Waals surface area (Å²) >= 11 is 0. The second-order valence-electron chi connectivity index (χ2n) is 4.80. The molecule has 0 spiro atoms. The third-order valence-corrected chi connectivity index (χ3v) is 3.58. The highest BCUT2D eigenvalue weighted by Gasteiger charge is 2.39. The van der Waals surface area contributed by atoms with Crippen molar-refractivity contribution in [3.8, 4) is 0 Å². The van der Waals surface area contributed by atoms with Crippen molar-refractivity contribution in [3.63, 3.8) is 0 Å². The molecule has 3 N–H and O–H groups in total. The zero-order chi connectivity index (χ0) is 14.8. The van der Waals surface area contributed by atoms with E-state index in [1.54, 1.807) is 0 Å². The lowest BCUT2D eigenvalue weighted by atomic mass is 9.79. The molecule has 0 aromatic heterocycles. The van der Waals surface area contributed by atoms with Gasteiger partial charge in [-0.05, 0) is 12.8 Å². The molecule has 0 atom stereocenters. The monoisotopic (exact) mass is 324 g/mol. The standard InChI is InChI=1S/C13H15F3N2O2.ClH/c14-8-5-10(16)11(6-9(8)15)18-12(19)13(7-17)1-3-20-4-2-13;/h5-6H,1-4,7,17H2,(H,18,19);1H. The minimum atomic E-state index is -1.31. The molecule has 118 valence electrons. The molecule has 8 heteroatoms. The molecule has 0 unspecified atom stereocenters. The lowest BCUT2D eigenvalue weighted by Crippen LogP contribution is -2.46. The Morgan fingerprint density at radius 1 is 1.19 bits per heavy atom. The molecule has 1 aromatic carbocycles. The number of nitrogens with one attached hydrogen (secondary N) is 1. The number of hydrogen-bond acceptors (Lipinski definition) is 3. The van der Waals surface area contributed by atoms with Gasteiger partial charge in [-0.2, -0.15) is 0 Å². The van der Waals surface area contributed by atoms with Gasteiger partial charge in [0.05, 0.1) is 11.1 Å². The van der Waals surface area contributed by atoms with Gasteiger partial charge in [0.2, 0.25) is 5.91 Å². The maximum absolute atomic E-state index is 13.5.